The Kier molecular flexibility index (Phi) is 4.74. The van der Waals surface area contributed by atoms with E-state index in [0.29, 0.717) is 6.61 Å². The minimum Gasteiger partial charge on any atom is -0.395 e. The summed E-state index contributed by atoms with van der Waals surface area (Å²) >= 11 is 0. The van der Waals surface area contributed by atoms with Crippen LogP contribution in [0.1, 0.15) is 18.8 Å². The Morgan fingerprint density at radius 1 is 1.67 bits per heavy atom. The van der Waals surface area contributed by atoms with Crippen molar-refractivity contribution in [3.05, 3.63) is 18.2 Å². The van der Waals surface area contributed by atoms with Gasteiger partial charge in [-0.2, -0.15) is 0 Å². The van der Waals surface area contributed by atoms with Gasteiger partial charge in [-0.15, -0.1) is 0 Å². The number of aromatic nitrogens is 2. The van der Waals surface area contributed by atoms with Gasteiger partial charge in [-0.3, -0.25) is 0 Å². The lowest BCUT2D eigenvalue weighted by Gasteiger charge is -2.20. The number of aryl methyl sites for hydroxylation is 1. The van der Waals surface area contributed by atoms with Crippen molar-refractivity contribution in [2.45, 2.75) is 19.0 Å². The van der Waals surface area contributed by atoms with Crippen molar-refractivity contribution in [3.8, 4) is 0 Å². The van der Waals surface area contributed by atoms with E-state index < -0.39 is 0 Å². The van der Waals surface area contributed by atoms with Crippen LogP contribution in [0.5, 0.6) is 0 Å². The fourth-order valence-corrected chi connectivity index (χ4v) is 1.58. The molecule has 5 nitrogen and oxygen atoms in total. The molecule has 0 fully saturated rings. The molecule has 86 valence electrons. The zero-order chi connectivity index (χ0) is 11.3. The molecule has 0 bridgehead atoms. The van der Waals surface area contributed by atoms with Crippen LogP contribution in [0.25, 0.3) is 0 Å². The fraction of sp³-hybridized carbons (Fsp3) is 0.700. The normalized spacial score (nSPS) is 15.2. The van der Waals surface area contributed by atoms with Gasteiger partial charge in [0.25, 0.3) is 0 Å². The molecule has 2 N–H and O–H groups in total. The summed E-state index contributed by atoms with van der Waals surface area (Å²) in [5.41, 5.74) is 0. The van der Waals surface area contributed by atoms with E-state index in [1.807, 2.05) is 24.7 Å². The molecular weight excluding hydrogens is 194 g/mol. The average molecular weight is 213 g/mol. The maximum atomic E-state index is 9.10. The smallest absolute Gasteiger partial charge is 0.125 e. The van der Waals surface area contributed by atoms with Crippen molar-refractivity contribution in [2.24, 2.45) is 7.05 Å². The Bertz CT molecular complexity index is 288. The molecule has 1 aromatic rings. The van der Waals surface area contributed by atoms with Gasteiger partial charge in [0.15, 0.2) is 0 Å². The van der Waals surface area contributed by atoms with Crippen LogP contribution in [-0.2, 0) is 11.8 Å². The minimum atomic E-state index is -0.0540. The van der Waals surface area contributed by atoms with Crippen LogP contribution >= 0.6 is 0 Å². The molecule has 0 aliphatic carbocycles. The summed E-state index contributed by atoms with van der Waals surface area (Å²) in [7, 11) is 3.57. The van der Waals surface area contributed by atoms with Crippen LogP contribution in [0.4, 0.5) is 0 Å². The van der Waals surface area contributed by atoms with E-state index in [0.717, 1.165) is 5.82 Å². The van der Waals surface area contributed by atoms with Crippen LogP contribution in [0.3, 0.4) is 0 Å². The van der Waals surface area contributed by atoms with Gasteiger partial charge in [-0.05, 0) is 6.92 Å². The lowest BCUT2D eigenvalue weighted by atomic mass is 10.2. The summed E-state index contributed by atoms with van der Waals surface area (Å²) in [5, 5.41) is 12.4. The molecule has 0 amide bonds. The Morgan fingerprint density at radius 2 is 2.40 bits per heavy atom. The maximum Gasteiger partial charge on any atom is 0.125 e. The topological polar surface area (TPSA) is 59.3 Å². The lowest BCUT2D eigenvalue weighted by molar-refractivity contribution is 0.122. The van der Waals surface area contributed by atoms with Crippen LogP contribution in [0.15, 0.2) is 12.4 Å². The standard InChI is InChI=1S/C10H19N3O2/c1-8(10-11-4-5-13(10)2)12-9(6-14)7-15-3/h4-5,8-9,12,14H,6-7H2,1-3H3. The van der Waals surface area contributed by atoms with Crippen molar-refractivity contribution in [3.63, 3.8) is 0 Å². The number of ether oxygens (including phenoxy) is 1. The molecule has 0 spiro atoms. The zero-order valence-corrected chi connectivity index (χ0v) is 9.47. The van der Waals surface area contributed by atoms with Crippen molar-refractivity contribution in [2.75, 3.05) is 20.3 Å². The number of hydrogen-bond donors (Lipinski definition) is 2. The monoisotopic (exact) mass is 213 g/mol. The Hall–Kier alpha value is -0.910. The number of rotatable bonds is 6. The van der Waals surface area contributed by atoms with Gasteiger partial charge >= 0.3 is 0 Å². The van der Waals surface area contributed by atoms with Crippen molar-refractivity contribution in [1.82, 2.24) is 14.9 Å². The molecule has 1 rings (SSSR count). The summed E-state index contributed by atoms with van der Waals surface area (Å²) in [6.07, 6.45) is 3.66. The highest BCUT2D eigenvalue weighted by atomic mass is 16.5. The molecule has 1 aromatic heterocycles. The number of nitrogens with one attached hydrogen (secondary N) is 1. The molecule has 2 atom stereocenters. The number of methoxy groups -OCH3 is 1. The number of hydrogen-bond acceptors (Lipinski definition) is 4. The van der Waals surface area contributed by atoms with E-state index in [9.17, 15) is 0 Å². The first-order chi connectivity index (χ1) is 7.19. The van der Waals surface area contributed by atoms with E-state index in [1.54, 1.807) is 13.3 Å². The molecule has 2 unspecified atom stereocenters. The van der Waals surface area contributed by atoms with Crippen molar-refractivity contribution < 1.29 is 9.84 Å². The summed E-state index contributed by atoms with van der Waals surface area (Å²) in [4.78, 5) is 4.24. The molecule has 5 heteroatoms. The second kappa shape index (κ2) is 5.85. The van der Waals surface area contributed by atoms with E-state index in [-0.39, 0.29) is 18.7 Å². The summed E-state index contributed by atoms with van der Waals surface area (Å²) in [5.74, 6) is 0.949. The quantitative estimate of drug-likeness (QED) is 0.702. The second-order valence-electron chi connectivity index (χ2n) is 3.62. The Balaban J connectivity index is 2.54. The molecule has 0 aromatic carbocycles. The van der Waals surface area contributed by atoms with E-state index in [1.165, 1.54) is 0 Å². The number of imidazole rings is 1. The Morgan fingerprint density at radius 3 is 2.87 bits per heavy atom. The zero-order valence-electron chi connectivity index (χ0n) is 9.47. The summed E-state index contributed by atoms with van der Waals surface area (Å²) in [6, 6.07) is 0.0407. The number of aliphatic hydroxyl groups is 1. The van der Waals surface area contributed by atoms with Gasteiger partial charge < -0.3 is 19.7 Å². The second-order valence-corrected chi connectivity index (χ2v) is 3.62. The van der Waals surface area contributed by atoms with E-state index >= 15 is 0 Å². The molecule has 0 saturated carbocycles. The fourth-order valence-electron chi connectivity index (χ4n) is 1.58. The third-order valence-electron chi connectivity index (χ3n) is 2.32. The molecule has 0 saturated heterocycles. The SMILES string of the molecule is COCC(CO)NC(C)c1nccn1C. The third kappa shape index (κ3) is 3.30. The molecule has 0 radical (unpaired) electrons. The Labute approximate surface area is 90.1 Å². The molecule has 1 heterocycles. The largest absolute Gasteiger partial charge is 0.395 e. The van der Waals surface area contributed by atoms with Gasteiger partial charge in [-0.1, -0.05) is 0 Å². The number of nitrogens with zero attached hydrogens (tertiary/aromatic N) is 2. The first-order valence-electron chi connectivity index (χ1n) is 5.02. The van der Waals surface area contributed by atoms with Crippen molar-refractivity contribution in [1.29, 1.82) is 0 Å². The molecule has 0 aliphatic rings. The van der Waals surface area contributed by atoms with E-state index in [2.05, 4.69) is 10.3 Å². The van der Waals surface area contributed by atoms with Crippen LogP contribution < -0.4 is 5.32 Å². The maximum absolute atomic E-state index is 9.10. The molecule has 15 heavy (non-hydrogen) atoms. The summed E-state index contributed by atoms with van der Waals surface area (Å²) < 4.78 is 6.95. The van der Waals surface area contributed by atoms with Crippen LogP contribution in [0, 0.1) is 0 Å². The first-order valence-corrected chi connectivity index (χ1v) is 5.02. The predicted molar refractivity (Wildman–Crippen MR) is 57.5 cm³/mol. The van der Waals surface area contributed by atoms with Gasteiger partial charge in [0.2, 0.25) is 0 Å². The number of aliphatic hydroxyl groups excluding tert-OH is 1. The van der Waals surface area contributed by atoms with E-state index in [4.69, 9.17) is 9.84 Å². The lowest BCUT2D eigenvalue weighted by Crippen LogP contribution is -2.38. The first kappa shape index (κ1) is 12.2. The third-order valence-corrected chi connectivity index (χ3v) is 2.32. The van der Waals surface area contributed by atoms with Crippen molar-refractivity contribution >= 4 is 0 Å². The van der Waals surface area contributed by atoms with Gasteiger partial charge in [0, 0.05) is 26.6 Å². The summed E-state index contributed by atoms with van der Waals surface area (Å²) in [6.45, 7) is 2.56. The highest BCUT2D eigenvalue weighted by Gasteiger charge is 2.15. The highest BCUT2D eigenvalue weighted by Crippen LogP contribution is 2.09. The van der Waals surface area contributed by atoms with Gasteiger partial charge in [0.05, 0.1) is 25.3 Å². The molecular formula is C10H19N3O2. The van der Waals surface area contributed by atoms with Crippen LogP contribution in [0.2, 0.25) is 0 Å². The minimum absolute atomic E-state index is 0.0540. The van der Waals surface area contributed by atoms with Gasteiger partial charge in [0.1, 0.15) is 5.82 Å². The average Bonchev–Trinajstić information content (AvgIpc) is 2.63. The highest BCUT2D eigenvalue weighted by molar-refractivity contribution is 4.97. The van der Waals surface area contributed by atoms with Gasteiger partial charge in [-0.25, -0.2) is 4.98 Å². The predicted octanol–water partition coefficient (Wildman–Crippen LogP) is 0.0780. The molecule has 0 aliphatic heterocycles. The van der Waals surface area contributed by atoms with Crippen LogP contribution in [-0.4, -0.2) is 41.0 Å².